The number of aromatic nitrogens is 1. The number of rotatable bonds is 3. The van der Waals surface area contributed by atoms with Gasteiger partial charge in [0.15, 0.2) is 0 Å². The van der Waals surface area contributed by atoms with Gasteiger partial charge in [0, 0.05) is 22.9 Å². The number of hydrogen-bond acceptors (Lipinski definition) is 3. The highest BCUT2D eigenvalue weighted by molar-refractivity contribution is 9.11. The molecule has 1 aromatic heterocycles. The number of methoxy groups -OCH3 is 1. The maximum Gasteiger partial charge on any atom is 0.144 e. The molecule has 1 N–H and O–H groups in total. The number of hydrogen-bond donors (Lipinski definition) is 1. The molecule has 1 aromatic carbocycles. The maximum absolute atomic E-state index is 5.48. The van der Waals surface area contributed by atoms with Crippen molar-refractivity contribution in [3.8, 4) is 5.75 Å². The molecule has 1 heterocycles. The maximum atomic E-state index is 5.48. The van der Waals surface area contributed by atoms with Gasteiger partial charge in [0.05, 0.1) is 22.5 Å². The van der Waals surface area contributed by atoms with E-state index in [0.29, 0.717) is 0 Å². The molecular weight excluding hydrogens is 360 g/mol. The van der Waals surface area contributed by atoms with Crippen molar-refractivity contribution in [2.45, 2.75) is 13.3 Å². The second-order valence-corrected chi connectivity index (χ2v) is 5.57. The van der Waals surface area contributed by atoms with Crippen LogP contribution < -0.4 is 10.1 Å². The zero-order chi connectivity index (χ0) is 13.3. The third-order valence-corrected chi connectivity index (χ3v) is 4.03. The number of nitrogens with zero attached hydrogens (tertiary/aromatic N) is 1. The number of ether oxygens (including phenoxy) is 1. The van der Waals surface area contributed by atoms with Gasteiger partial charge < -0.3 is 10.1 Å². The smallest absolute Gasteiger partial charge is 0.144 e. The Balaban J connectivity index is 2.93. The van der Waals surface area contributed by atoms with Crippen LogP contribution in [0, 0.1) is 0 Å². The molecule has 0 saturated heterocycles. The number of aryl methyl sites for hydroxylation is 1. The normalized spacial score (nSPS) is 10.7. The van der Waals surface area contributed by atoms with E-state index in [1.54, 1.807) is 7.11 Å². The monoisotopic (exact) mass is 372 g/mol. The molecular formula is C13H14Br2N2O. The van der Waals surface area contributed by atoms with Crippen LogP contribution >= 0.6 is 31.9 Å². The molecule has 3 nitrogen and oxygen atoms in total. The second kappa shape index (κ2) is 5.45. The summed E-state index contributed by atoms with van der Waals surface area (Å²) in [6.45, 7) is 2.09. The van der Waals surface area contributed by atoms with E-state index in [1.807, 2.05) is 13.1 Å². The molecule has 5 heteroatoms. The summed E-state index contributed by atoms with van der Waals surface area (Å²) >= 11 is 7.08. The summed E-state index contributed by atoms with van der Waals surface area (Å²) in [6, 6.07) is 4.02. The van der Waals surface area contributed by atoms with E-state index in [-0.39, 0.29) is 0 Å². The van der Waals surface area contributed by atoms with Gasteiger partial charge in [0.1, 0.15) is 5.75 Å². The molecule has 0 saturated carbocycles. The van der Waals surface area contributed by atoms with Crippen molar-refractivity contribution in [1.29, 1.82) is 0 Å². The Morgan fingerprint density at radius 1 is 1.28 bits per heavy atom. The van der Waals surface area contributed by atoms with Gasteiger partial charge in [-0.3, -0.25) is 4.98 Å². The van der Waals surface area contributed by atoms with Crippen molar-refractivity contribution in [1.82, 2.24) is 4.98 Å². The van der Waals surface area contributed by atoms with Gasteiger partial charge in [0.2, 0.25) is 0 Å². The summed E-state index contributed by atoms with van der Waals surface area (Å²) in [5.41, 5.74) is 2.99. The van der Waals surface area contributed by atoms with Crippen molar-refractivity contribution >= 4 is 48.5 Å². The first-order chi connectivity index (χ1) is 8.62. The van der Waals surface area contributed by atoms with Crippen molar-refractivity contribution in [3.05, 3.63) is 26.8 Å². The standard InChI is InChI=1S/C13H14Br2N2O/c1-4-7-5-10(16-2)11-12(17-7)8(14)6-9(15)13(11)18-3/h5-6H,4H2,1-3H3,(H,16,17). The molecule has 0 radical (unpaired) electrons. The van der Waals surface area contributed by atoms with Crippen molar-refractivity contribution < 1.29 is 4.74 Å². The molecule has 96 valence electrons. The highest BCUT2D eigenvalue weighted by Crippen LogP contribution is 2.41. The van der Waals surface area contributed by atoms with Crippen LogP contribution in [0.15, 0.2) is 21.1 Å². The molecule has 0 aliphatic heterocycles. The highest BCUT2D eigenvalue weighted by Gasteiger charge is 2.15. The van der Waals surface area contributed by atoms with E-state index in [4.69, 9.17) is 4.74 Å². The Bertz CT molecular complexity index is 599. The van der Waals surface area contributed by atoms with Gasteiger partial charge in [-0.25, -0.2) is 0 Å². The first-order valence-electron chi connectivity index (χ1n) is 5.65. The van der Waals surface area contributed by atoms with Crippen LogP contribution in [0.5, 0.6) is 5.75 Å². The van der Waals surface area contributed by atoms with Crippen LogP contribution in [0.25, 0.3) is 10.9 Å². The Labute approximate surface area is 123 Å². The first kappa shape index (κ1) is 13.6. The average molecular weight is 374 g/mol. The fraction of sp³-hybridized carbons (Fsp3) is 0.308. The van der Waals surface area contributed by atoms with Gasteiger partial charge in [-0.05, 0) is 50.4 Å². The quantitative estimate of drug-likeness (QED) is 0.867. The van der Waals surface area contributed by atoms with Crippen LogP contribution in [-0.4, -0.2) is 19.1 Å². The molecule has 18 heavy (non-hydrogen) atoms. The van der Waals surface area contributed by atoms with Crippen molar-refractivity contribution in [2.75, 3.05) is 19.5 Å². The van der Waals surface area contributed by atoms with E-state index in [9.17, 15) is 0 Å². The molecule has 0 unspecified atom stereocenters. The molecule has 0 fully saturated rings. The number of halogens is 2. The fourth-order valence-electron chi connectivity index (χ4n) is 1.94. The number of fused-ring (bicyclic) bond motifs is 1. The van der Waals surface area contributed by atoms with Crippen molar-refractivity contribution in [3.63, 3.8) is 0 Å². The number of pyridine rings is 1. The first-order valence-corrected chi connectivity index (χ1v) is 7.24. The van der Waals surface area contributed by atoms with E-state index in [1.165, 1.54) is 0 Å². The van der Waals surface area contributed by atoms with Crippen LogP contribution in [-0.2, 0) is 6.42 Å². The largest absolute Gasteiger partial charge is 0.495 e. The lowest BCUT2D eigenvalue weighted by atomic mass is 10.1. The Hall–Kier alpha value is -0.810. The van der Waals surface area contributed by atoms with Gasteiger partial charge >= 0.3 is 0 Å². The predicted molar refractivity (Wildman–Crippen MR) is 82.6 cm³/mol. The lowest BCUT2D eigenvalue weighted by Crippen LogP contribution is -1.99. The number of anilines is 1. The van der Waals surface area contributed by atoms with Crippen LogP contribution in [0.2, 0.25) is 0 Å². The molecule has 0 aliphatic carbocycles. The Morgan fingerprint density at radius 3 is 2.56 bits per heavy atom. The average Bonchev–Trinajstić information content (AvgIpc) is 2.38. The van der Waals surface area contributed by atoms with Gasteiger partial charge in [-0.2, -0.15) is 0 Å². The van der Waals surface area contributed by atoms with E-state index >= 15 is 0 Å². The second-order valence-electron chi connectivity index (χ2n) is 3.86. The van der Waals surface area contributed by atoms with E-state index in [2.05, 4.69) is 55.2 Å². The minimum atomic E-state index is 0.799. The predicted octanol–water partition coefficient (Wildman–Crippen LogP) is 4.37. The minimum Gasteiger partial charge on any atom is -0.495 e. The van der Waals surface area contributed by atoms with Crippen LogP contribution in [0.4, 0.5) is 5.69 Å². The summed E-state index contributed by atoms with van der Waals surface area (Å²) in [7, 11) is 3.57. The molecule has 2 rings (SSSR count). The summed E-state index contributed by atoms with van der Waals surface area (Å²) < 4.78 is 7.35. The molecule has 0 aliphatic rings. The van der Waals surface area contributed by atoms with Crippen molar-refractivity contribution in [2.24, 2.45) is 0 Å². The van der Waals surface area contributed by atoms with Crippen LogP contribution in [0.3, 0.4) is 0 Å². The zero-order valence-electron chi connectivity index (χ0n) is 10.5. The van der Waals surface area contributed by atoms with Gasteiger partial charge in [-0.1, -0.05) is 6.92 Å². The number of benzene rings is 1. The highest BCUT2D eigenvalue weighted by atomic mass is 79.9. The lowest BCUT2D eigenvalue weighted by Gasteiger charge is -2.14. The Morgan fingerprint density at radius 2 is 2.00 bits per heavy atom. The molecule has 0 bridgehead atoms. The SMILES string of the molecule is CCc1cc(NC)c2c(OC)c(Br)cc(Br)c2n1. The van der Waals surface area contributed by atoms with Gasteiger partial charge in [0.25, 0.3) is 0 Å². The fourth-order valence-corrected chi connectivity index (χ4v) is 3.36. The summed E-state index contributed by atoms with van der Waals surface area (Å²) in [5, 5.41) is 4.20. The summed E-state index contributed by atoms with van der Waals surface area (Å²) in [4.78, 5) is 4.66. The molecule has 2 aromatic rings. The molecule has 0 atom stereocenters. The van der Waals surface area contributed by atoms with E-state index < -0.39 is 0 Å². The van der Waals surface area contributed by atoms with Gasteiger partial charge in [-0.15, -0.1) is 0 Å². The minimum absolute atomic E-state index is 0.799. The zero-order valence-corrected chi connectivity index (χ0v) is 13.6. The Kier molecular flexibility index (Phi) is 4.12. The summed E-state index contributed by atoms with van der Waals surface area (Å²) in [5.74, 6) is 0.799. The lowest BCUT2D eigenvalue weighted by molar-refractivity contribution is 0.417. The van der Waals surface area contributed by atoms with Crippen LogP contribution in [0.1, 0.15) is 12.6 Å². The molecule has 0 amide bonds. The van der Waals surface area contributed by atoms with E-state index in [0.717, 1.165) is 43.4 Å². The molecule has 0 spiro atoms. The topological polar surface area (TPSA) is 34.1 Å². The third kappa shape index (κ3) is 2.21. The third-order valence-electron chi connectivity index (χ3n) is 2.83. The summed E-state index contributed by atoms with van der Waals surface area (Å²) in [6.07, 6.45) is 0.898. The number of nitrogens with one attached hydrogen (secondary N) is 1.